The van der Waals surface area contributed by atoms with Gasteiger partial charge in [-0.1, -0.05) is 24.3 Å². The largest absolute Gasteiger partial charge is 0.399 e. The highest BCUT2D eigenvalue weighted by Gasteiger charge is 2.29. The van der Waals surface area contributed by atoms with E-state index in [2.05, 4.69) is 6.07 Å². The summed E-state index contributed by atoms with van der Waals surface area (Å²) in [7, 11) is -3.47. The maximum Gasteiger partial charge on any atom is 0.243 e. The number of nitrogens with zero attached hydrogens (tertiary/aromatic N) is 1. The number of nitrogens with two attached hydrogens (primary N) is 1. The molecule has 2 aromatic rings. The first kappa shape index (κ1) is 14.1. The molecular weight excluding hydrogens is 284 g/mol. The molecule has 3 rings (SSSR count). The molecule has 0 radical (unpaired) electrons. The fourth-order valence-electron chi connectivity index (χ4n) is 2.78. The van der Waals surface area contributed by atoms with Gasteiger partial charge in [0.25, 0.3) is 0 Å². The Balaban J connectivity index is 1.97. The summed E-state index contributed by atoms with van der Waals surface area (Å²) < 4.78 is 27.2. The van der Waals surface area contributed by atoms with Gasteiger partial charge in [-0.15, -0.1) is 0 Å². The highest BCUT2D eigenvalue weighted by atomic mass is 32.2. The van der Waals surface area contributed by atoms with Gasteiger partial charge in [0.05, 0.1) is 4.90 Å². The highest BCUT2D eigenvalue weighted by Crippen LogP contribution is 2.27. The zero-order valence-corrected chi connectivity index (χ0v) is 12.7. The third kappa shape index (κ3) is 2.54. The third-order valence-electron chi connectivity index (χ3n) is 3.91. The van der Waals surface area contributed by atoms with Gasteiger partial charge in [0.1, 0.15) is 0 Å². The molecule has 0 aromatic heterocycles. The quantitative estimate of drug-likeness (QED) is 0.866. The Bertz CT molecular complexity index is 785. The van der Waals surface area contributed by atoms with E-state index in [4.69, 9.17) is 5.73 Å². The second-order valence-electron chi connectivity index (χ2n) is 5.38. The Hall–Kier alpha value is -1.85. The van der Waals surface area contributed by atoms with E-state index in [0.29, 0.717) is 29.2 Å². The van der Waals surface area contributed by atoms with Crippen LogP contribution in [0.5, 0.6) is 0 Å². The van der Waals surface area contributed by atoms with Crippen molar-refractivity contribution in [3.05, 3.63) is 59.2 Å². The second kappa shape index (κ2) is 5.16. The first-order valence-electron chi connectivity index (χ1n) is 6.91. The minimum Gasteiger partial charge on any atom is -0.399 e. The van der Waals surface area contributed by atoms with Crippen LogP contribution in [0.3, 0.4) is 0 Å². The molecule has 2 aromatic carbocycles. The molecule has 0 fully saturated rings. The van der Waals surface area contributed by atoms with Crippen molar-refractivity contribution < 1.29 is 8.42 Å². The van der Waals surface area contributed by atoms with Crippen LogP contribution < -0.4 is 5.73 Å². The number of fused-ring (bicyclic) bond motifs is 1. The summed E-state index contributed by atoms with van der Waals surface area (Å²) in [6, 6.07) is 12.9. The van der Waals surface area contributed by atoms with Crippen molar-refractivity contribution >= 4 is 15.7 Å². The lowest BCUT2D eigenvalue weighted by molar-refractivity contribution is 0.391. The number of hydrogen-bond donors (Lipinski definition) is 1. The molecule has 0 atom stereocenters. The van der Waals surface area contributed by atoms with Crippen LogP contribution >= 0.6 is 0 Å². The van der Waals surface area contributed by atoms with E-state index in [1.807, 2.05) is 18.2 Å². The van der Waals surface area contributed by atoms with E-state index in [1.54, 1.807) is 29.4 Å². The molecule has 0 amide bonds. The van der Waals surface area contributed by atoms with Crippen LogP contribution in [0.2, 0.25) is 0 Å². The topological polar surface area (TPSA) is 63.4 Å². The van der Waals surface area contributed by atoms with Crippen molar-refractivity contribution in [2.45, 2.75) is 24.8 Å². The van der Waals surface area contributed by atoms with Gasteiger partial charge >= 0.3 is 0 Å². The molecule has 0 bridgehead atoms. The summed E-state index contributed by atoms with van der Waals surface area (Å²) in [6.07, 6.45) is 0.753. The van der Waals surface area contributed by atoms with Crippen LogP contribution in [0.4, 0.5) is 5.69 Å². The lowest BCUT2D eigenvalue weighted by atomic mass is 10.0. The Morgan fingerprint density at radius 2 is 1.81 bits per heavy atom. The van der Waals surface area contributed by atoms with Crippen molar-refractivity contribution in [1.82, 2.24) is 4.31 Å². The third-order valence-corrected chi connectivity index (χ3v) is 5.92. The maximum absolute atomic E-state index is 12.8. The summed E-state index contributed by atoms with van der Waals surface area (Å²) >= 11 is 0. The van der Waals surface area contributed by atoms with Crippen molar-refractivity contribution in [3.63, 3.8) is 0 Å². The minimum atomic E-state index is -3.47. The van der Waals surface area contributed by atoms with Gasteiger partial charge in [0, 0.05) is 18.8 Å². The van der Waals surface area contributed by atoms with Crippen molar-refractivity contribution in [2.75, 3.05) is 12.3 Å². The fourth-order valence-corrected chi connectivity index (χ4v) is 4.40. The smallest absolute Gasteiger partial charge is 0.243 e. The molecule has 21 heavy (non-hydrogen) atoms. The maximum atomic E-state index is 12.8. The normalized spacial score (nSPS) is 15.7. The SMILES string of the molecule is Cc1cc(N)ccc1S(=O)(=O)N1CCc2ccccc2C1. The summed E-state index contributed by atoms with van der Waals surface area (Å²) in [5.41, 5.74) is 9.29. The molecule has 0 saturated carbocycles. The minimum absolute atomic E-state index is 0.344. The first-order valence-corrected chi connectivity index (χ1v) is 8.35. The van der Waals surface area contributed by atoms with E-state index >= 15 is 0 Å². The van der Waals surface area contributed by atoms with E-state index < -0.39 is 10.0 Å². The zero-order chi connectivity index (χ0) is 15.0. The lowest BCUT2D eigenvalue weighted by Gasteiger charge is -2.28. The van der Waals surface area contributed by atoms with E-state index in [-0.39, 0.29) is 0 Å². The molecule has 110 valence electrons. The van der Waals surface area contributed by atoms with Crippen LogP contribution in [0.25, 0.3) is 0 Å². The van der Waals surface area contributed by atoms with Crippen LogP contribution in [0, 0.1) is 6.92 Å². The van der Waals surface area contributed by atoms with Crippen LogP contribution in [-0.2, 0) is 23.0 Å². The Morgan fingerprint density at radius 3 is 2.52 bits per heavy atom. The molecule has 0 unspecified atom stereocenters. The number of nitrogen functional groups attached to an aromatic ring is 1. The molecule has 5 heteroatoms. The van der Waals surface area contributed by atoms with Crippen LogP contribution in [-0.4, -0.2) is 19.3 Å². The van der Waals surface area contributed by atoms with Gasteiger partial charge in [0.15, 0.2) is 0 Å². The van der Waals surface area contributed by atoms with Crippen LogP contribution in [0.15, 0.2) is 47.4 Å². The zero-order valence-electron chi connectivity index (χ0n) is 11.9. The van der Waals surface area contributed by atoms with Gasteiger partial charge < -0.3 is 5.73 Å². The fraction of sp³-hybridized carbons (Fsp3) is 0.250. The predicted molar refractivity (Wildman–Crippen MR) is 83.3 cm³/mol. The second-order valence-corrected chi connectivity index (χ2v) is 7.29. The number of benzene rings is 2. The molecule has 0 saturated heterocycles. The van der Waals surface area contributed by atoms with Gasteiger partial charge in [-0.3, -0.25) is 0 Å². The number of rotatable bonds is 2. The number of hydrogen-bond acceptors (Lipinski definition) is 3. The molecule has 0 spiro atoms. The van der Waals surface area contributed by atoms with Crippen LogP contribution in [0.1, 0.15) is 16.7 Å². The molecule has 1 heterocycles. The Kier molecular flexibility index (Phi) is 3.47. The molecule has 4 nitrogen and oxygen atoms in total. The first-order chi connectivity index (χ1) is 9.98. The summed E-state index contributed by atoms with van der Waals surface area (Å²) in [5, 5.41) is 0. The molecule has 1 aliphatic rings. The number of sulfonamides is 1. The Morgan fingerprint density at radius 1 is 1.10 bits per heavy atom. The molecule has 2 N–H and O–H groups in total. The Labute approximate surface area is 125 Å². The van der Waals surface area contributed by atoms with Gasteiger partial charge in [0.2, 0.25) is 10.0 Å². The van der Waals surface area contributed by atoms with Crippen molar-refractivity contribution in [3.8, 4) is 0 Å². The summed E-state index contributed by atoms with van der Waals surface area (Å²) in [6.45, 7) is 2.73. The van der Waals surface area contributed by atoms with Gasteiger partial charge in [-0.25, -0.2) is 8.42 Å². The molecule has 0 aliphatic carbocycles. The van der Waals surface area contributed by atoms with E-state index in [0.717, 1.165) is 12.0 Å². The summed E-state index contributed by atoms with van der Waals surface area (Å²) in [4.78, 5) is 0.344. The lowest BCUT2D eigenvalue weighted by Crippen LogP contribution is -2.36. The monoisotopic (exact) mass is 302 g/mol. The number of anilines is 1. The van der Waals surface area contributed by atoms with Gasteiger partial charge in [-0.2, -0.15) is 4.31 Å². The highest BCUT2D eigenvalue weighted by molar-refractivity contribution is 7.89. The van der Waals surface area contributed by atoms with E-state index in [9.17, 15) is 8.42 Å². The molecule has 1 aliphatic heterocycles. The predicted octanol–water partition coefficient (Wildman–Crippen LogP) is 2.32. The standard InChI is InChI=1S/C16H18N2O2S/c1-12-10-15(17)6-7-16(12)21(19,20)18-9-8-13-4-2-3-5-14(13)11-18/h2-7,10H,8-9,11,17H2,1H3. The number of aryl methyl sites for hydroxylation is 1. The average Bonchev–Trinajstić information content (AvgIpc) is 2.46. The summed E-state index contributed by atoms with van der Waals surface area (Å²) in [5.74, 6) is 0. The molecular formula is C16H18N2O2S. The van der Waals surface area contributed by atoms with Gasteiger partial charge in [-0.05, 0) is 48.2 Å². The van der Waals surface area contributed by atoms with Crippen molar-refractivity contribution in [1.29, 1.82) is 0 Å². The van der Waals surface area contributed by atoms with E-state index in [1.165, 1.54) is 5.56 Å². The average molecular weight is 302 g/mol. The van der Waals surface area contributed by atoms with Crippen molar-refractivity contribution in [2.24, 2.45) is 0 Å².